The van der Waals surface area contributed by atoms with Crippen molar-refractivity contribution < 1.29 is 23.4 Å². The van der Waals surface area contributed by atoms with E-state index in [-0.39, 0.29) is 11.7 Å². The number of amides is 1. The molecule has 8 nitrogen and oxygen atoms in total. The van der Waals surface area contributed by atoms with Crippen LogP contribution >= 0.6 is 0 Å². The van der Waals surface area contributed by atoms with Crippen molar-refractivity contribution in [2.45, 2.75) is 0 Å². The summed E-state index contributed by atoms with van der Waals surface area (Å²) in [5.41, 5.74) is 0.957. The molecule has 1 amide bonds. The van der Waals surface area contributed by atoms with E-state index in [4.69, 9.17) is 14.2 Å². The summed E-state index contributed by atoms with van der Waals surface area (Å²) in [5, 5.41) is 6.62. The highest BCUT2D eigenvalue weighted by Crippen LogP contribution is 2.43. The van der Waals surface area contributed by atoms with Crippen LogP contribution in [0.25, 0.3) is 10.9 Å². The third-order valence-corrected chi connectivity index (χ3v) is 4.24. The lowest BCUT2D eigenvalue weighted by Gasteiger charge is -2.16. The number of rotatable bonds is 8. The molecule has 1 heterocycles. The Hall–Kier alpha value is -3.62. The molecule has 0 fully saturated rings. The Morgan fingerprint density at radius 2 is 1.72 bits per heavy atom. The monoisotopic (exact) mass is 400 g/mol. The molecule has 0 saturated heterocycles. The lowest BCUT2D eigenvalue weighted by atomic mass is 10.2. The highest BCUT2D eigenvalue weighted by molar-refractivity contribution is 5.97. The van der Waals surface area contributed by atoms with Gasteiger partial charge in [0.05, 0.1) is 26.7 Å². The van der Waals surface area contributed by atoms with Gasteiger partial charge in [0.25, 0.3) is 5.91 Å². The summed E-state index contributed by atoms with van der Waals surface area (Å²) in [6, 6.07) is 7.12. The maximum absolute atomic E-state index is 12.9. The fourth-order valence-corrected chi connectivity index (χ4v) is 2.86. The van der Waals surface area contributed by atoms with Crippen molar-refractivity contribution in [3.8, 4) is 17.2 Å². The predicted molar refractivity (Wildman–Crippen MR) is 106 cm³/mol. The summed E-state index contributed by atoms with van der Waals surface area (Å²) < 4.78 is 29.2. The van der Waals surface area contributed by atoms with Crippen LogP contribution in [-0.4, -0.2) is 50.3 Å². The van der Waals surface area contributed by atoms with Crippen molar-refractivity contribution in [3.05, 3.63) is 48.0 Å². The second-order valence-electron chi connectivity index (χ2n) is 5.95. The van der Waals surface area contributed by atoms with E-state index in [1.54, 1.807) is 6.07 Å². The van der Waals surface area contributed by atoms with Crippen LogP contribution in [-0.2, 0) is 0 Å². The smallest absolute Gasteiger partial charge is 0.251 e. The molecule has 1 aromatic heterocycles. The first-order chi connectivity index (χ1) is 14.1. The molecular formula is C20H21FN4O4. The molecule has 0 atom stereocenters. The summed E-state index contributed by atoms with van der Waals surface area (Å²) in [6.07, 6.45) is 1.41. The molecule has 29 heavy (non-hydrogen) atoms. The minimum atomic E-state index is -0.388. The first kappa shape index (κ1) is 20.1. The van der Waals surface area contributed by atoms with Crippen molar-refractivity contribution >= 4 is 22.6 Å². The Bertz CT molecular complexity index is 1010. The quantitative estimate of drug-likeness (QED) is 0.561. The highest BCUT2D eigenvalue weighted by Gasteiger charge is 2.19. The zero-order valence-corrected chi connectivity index (χ0v) is 16.3. The maximum atomic E-state index is 12.9. The lowest BCUT2D eigenvalue weighted by Crippen LogP contribution is -2.28. The zero-order valence-electron chi connectivity index (χ0n) is 16.3. The van der Waals surface area contributed by atoms with Gasteiger partial charge in [0.15, 0.2) is 11.5 Å². The molecule has 0 aliphatic rings. The molecule has 0 aliphatic carbocycles. The molecule has 152 valence electrons. The highest BCUT2D eigenvalue weighted by atomic mass is 19.1. The van der Waals surface area contributed by atoms with Gasteiger partial charge < -0.3 is 24.8 Å². The second-order valence-corrected chi connectivity index (χ2v) is 5.95. The van der Waals surface area contributed by atoms with Crippen LogP contribution in [0.5, 0.6) is 17.2 Å². The van der Waals surface area contributed by atoms with Crippen molar-refractivity contribution in [2.75, 3.05) is 39.7 Å². The standard InChI is InChI=1S/C20H21FN4O4/c1-27-15-10-14-16(18(29-3)17(15)28-2)24-11-25-19(14)22-8-9-23-20(26)12-4-6-13(21)7-5-12/h4-7,10-11H,8-9H2,1-3H3,(H,23,26)(H,22,24,25). The number of methoxy groups -OCH3 is 3. The molecule has 0 radical (unpaired) electrons. The number of nitrogens with one attached hydrogen (secondary N) is 2. The van der Waals surface area contributed by atoms with Crippen LogP contribution < -0.4 is 24.8 Å². The van der Waals surface area contributed by atoms with Crippen LogP contribution in [0.1, 0.15) is 10.4 Å². The van der Waals surface area contributed by atoms with Gasteiger partial charge in [-0.2, -0.15) is 0 Å². The number of carbonyl (C=O) groups excluding carboxylic acids is 1. The molecule has 2 aromatic carbocycles. The Morgan fingerprint density at radius 1 is 1.00 bits per heavy atom. The largest absolute Gasteiger partial charge is 0.493 e. The summed E-state index contributed by atoms with van der Waals surface area (Å²) in [4.78, 5) is 20.6. The minimum absolute atomic E-state index is 0.285. The van der Waals surface area contributed by atoms with Gasteiger partial charge in [-0.15, -0.1) is 0 Å². The first-order valence-corrected chi connectivity index (χ1v) is 8.80. The van der Waals surface area contributed by atoms with E-state index in [9.17, 15) is 9.18 Å². The summed E-state index contributed by atoms with van der Waals surface area (Å²) >= 11 is 0. The van der Waals surface area contributed by atoms with Crippen LogP contribution in [0.4, 0.5) is 10.2 Å². The number of nitrogens with zero attached hydrogens (tertiary/aromatic N) is 2. The number of hydrogen-bond donors (Lipinski definition) is 2. The lowest BCUT2D eigenvalue weighted by molar-refractivity contribution is 0.0955. The van der Waals surface area contributed by atoms with Crippen molar-refractivity contribution in [1.29, 1.82) is 0 Å². The number of fused-ring (bicyclic) bond motifs is 1. The maximum Gasteiger partial charge on any atom is 0.251 e. The van der Waals surface area contributed by atoms with Crippen LogP contribution in [0.3, 0.4) is 0 Å². The molecule has 9 heteroatoms. The number of hydrogen-bond acceptors (Lipinski definition) is 7. The SMILES string of the molecule is COc1cc2c(NCCNC(=O)c3ccc(F)cc3)ncnc2c(OC)c1OC. The number of anilines is 1. The summed E-state index contributed by atoms with van der Waals surface area (Å²) in [5.74, 6) is 1.26. The van der Waals surface area contributed by atoms with Gasteiger partial charge in [0.1, 0.15) is 23.5 Å². The van der Waals surface area contributed by atoms with E-state index in [1.807, 2.05) is 0 Å². The van der Waals surface area contributed by atoms with E-state index < -0.39 is 0 Å². The second kappa shape index (κ2) is 9.05. The van der Waals surface area contributed by atoms with E-state index >= 15 is 0 Å². The van der Waals surface area contributed by atoms with Crippen molar-refractivity contribution in [2.24, 2.45) is 0 Å². The normalized spacial score (nSPS) is 10.5. The van der Waals surface area contributed by atoms with Gasteiger partial charge in [-0.05, 0) is 30.3 Å². The molecular weight excluding hydrogens is 379 g/mol. The Kier molecular flexibility index (Phi) is 6.28. The van der Waals surface area contributed by atoms with Gasteiger partial charge in [0, 0.05) is 18.7 Å². The van der Waals surface area contributed by atoms with E-state index in [2.05, 4.69) is 20.6 Å². The topological polar surface area (TPSA) is 94.6 Å². The zero-order chi connectivity index (χ0) is 20.8. The van der Waals surface area contributed by atoms with Crippen LogP contribution in [0.15, 0.2) is 36.7 Å². The molecule has 3 rings (SSSR count). The first-order valence-electron chi connectivity index (χ1n) is 8.80. The average molecular weight is 400 g/mol. The van der Waals surface area contributed by atoms with E-state index in [0.29, 0.717) is 52.6 Å². The van der Waals surface area contributed by atoms with Gasteiger partial charge in [-0.25, -0.2) is 14.4 Å². The number of aromatic nitrogens is 2. The average Bonchev–Trinajstić information content (AvgIpc) is 2.75. The third-order valence-electron chi connectivity index (χ3n) is 4.24. The molecule has 2 N–H and O–H groups in total. The summed E-state index contributed by atoms with van der Waals surface area (Å²) in [6.45, 7) is 0.752. The van der Waals surface area contributed by atoms with Gasteiger partial charge in [0.2, 0.25) is 5.75 Å². The Morgan fingerprint density at radius 3 is 2.38 bits per heavy atom. The number of ether oxygens (including phenoxy) is 3. The van der Waals surface area contributed by atoms with Gasteiger partial charge in [-0.3, -0.25) is 4.79 Å². The fraction of sp³-hybridized carbons (Fsp3) is 0.250. The Balaban J connectivity index is 1.73. The minimum Gasteiger partial charge on any atom is -0.493 e. The van der Waals surface area contributed by atoms with Gasteiger partial charge in [-0.1, -0.05) is 0 Å². The van der Waals surface area contributed by atoms with E-state index in [0.717, 1.165) is 0 Å². The Labute approximate surface area is 167 Å². The van der Waals surface area contributed by atoms with E-state index in [1.165, 1.54) is 51.9 Å². The van der Waals surface area contributed by atoms with Crippen LogP contribution in [0, 0.1) is 5.82 Å². The molecule has 3 aromatic rings. The molecule has 0 saturated carbocycles. The molecule has 0 bridgehead atoms. The number of benzene rings is 2. The summed E-state index contributed by atoms with van der Waals surface area (Å²) in [7, 11) is 4.58. The molecule has 0 spiro atoms. The molecule has 0 aliphatic heterocycles. The van der Waals surface area contributed by atoms with Crippen molar-refractivity contribution in [3.63, 3.8) is 0 Å². The van der Waals surface area contributed by atoms with Gasteiger partial charge >= 0.3 is 0 Å². The molecule has 0 unspecified atom stereocenters. The van der Waals surface area contributed by atoms with Crippen molar-refractivity contribution in [1.82, 2.24) is 15.3 Å². The van der Waals surface area contributed by atoms with Crippen LogP contribution in [0.2, 0.25) is 0 Å². The number of halogens is 1. The third kappa shape index (κ3) is 4.29. The predicted octanol–water partition coefficient (Wildman–Crippen LogP) is 2.64. The number of carbonyl (C=O) groups is 1. The fourth-order valence-electron chi connectivity index (χ4n) is 2.86.